The number of carbonyl (C=O) groups is 1. The topological polar surface area (TPSA) is 81.2 Å². The van der Waals surface area contributed by atoms with Gasteiger partial charge in [0.1, 0.15) is 0 Å². The van der Waals surface area contributed by atoms with Gasteiger partial charge in [0.2, 0.25) is 12.8 Å². The van der Waals surface area contributed by atoms with Crippen LogP contribution in [0.25, 0.3) is 0 Å². The molecule has 7 nitrogen and oxygen atoms in total. The molecule has 1 fully saturated rings. The molecule has 0 radical (unpaired) electrons. The molecule has 1 atom stereocenters. The lowest BCUT2D eigenvalue weighted by Gasteiger charge is -2.13. The summed E-state index contributed by atoms with van der Waals surface area (Å²) in [6.07, 6.45) is 2.13. The number of hydrogen-bond donors (Lipinski definition) is 2. The Morgan fingerprint density at radius 3 is 2.78 bits per heavy atom. The zero-order valence-electron chi connectivity index (χ0n) is 14.8. The minimum Gasteiger partial charge on any atom is -0.454 e. The van der Waals surface area contributed by atoms with Crippen LogP contribution in [0.2, 0.25) is 0 Å². The van der Waals surface area contributed by atoms with E-state index in [1.807, 2.05) is 30.3 Å². The van der Waals surface area contributed by atoms with Gasteiger partial charge >= 0.3 is 0 Å². The van der Waals surface area contributed by atoms with Gasteiger partial charge in [-0.25, -0.2) is 4.99 Å². The Morgan fingerprint density at radius 2 is 1.96 bits per heavy atom. The first kappa shape index (κ1) is 17.4. The van der Waals surface area contributed by atoms with Crippen LogP contribution in [0.4, 0.5) is 5.69 Å². The fourth-order valence-corrected chi connectivity index (χ4v) is 2.97. The molecule has 2 aliphatic rings. The Balaban J connectivity index is 1.48. The molecule has 0 saturated carbocycles. The van der Waals surface area contributed by atoms with Crippen LogP contribution in [0.3, 0.4) is 0 Å². The molecule has 1 amide bonds. The third-order valence-corrected chi connectivity index (χ3v) is 4.38. The molecule has 1 saturated heterocycles. The highest BCUT2D eigenvalue weighted by atomic mass is 16.7. The molecule has 0 aromatic heterocycles. The molecule has 2 N–H and O–H groups in total. The van der Waals surface area contributed by atoms with Crippen molar-refractivity contribution in [3.8, 4) is 11.5 Å². The van der Waals surface area contributed by atoms with Crippen LogP contribution in [0.5, 0.6) is 11.5 Å². The van der Waals surface area contributed by atoms with Gasteiger partial charge in [-0.2, -0.15) is 0 Å². The highest BCUT2D eigenvalue weighted by Crippen LogP contribution is 2.32. The molecule has 2 heterocycles. The van der Waals surface area contributed by atoms with E-state index in [2.05, 4.69) is 15.6 Å². The molecule has 0 bridgehead atoms. The lowest BCUT2D eigenvalue weighted by atomic mass is 10.2. The van der Waals surface area contributed by atoms with Gasteiger partial charge in [-0.3, -0.25) is 10.1 Å². The average Bonchev–Trinajstić information content (AvgIpc) is 3.38. The number of hydrogen-bond acceptors (Lipinski definition) is 5. The second kappa shape index (κ2) is 8.09. The van der Waals surface area contributed by atoms with Gasteiger partial charge in [-0.1, -0.05) is 18.2 Å². The summed E-state index contributed by atoms with van der Waals surface area (Å²) in [7, 11) is 0. The largest absolute Gasteiger partial charge is 0.454 e. The zero-order valence-corrected chi connectivity index (χ0v) is 14.8. The third-order valence-electron chi connectivity index (χ3n) is 4.38. The van der Waals surface area contributed by atoms with E-state index in [1.54, 1.807) is 18.2 Å². The Bertz CT molecular complexity index is 832. The zero-order chi connectivity index (χ0) is 18.5. The van der Waals surface area contributed by atoms with Crippen LogP contribution in [-0.2, 0) is 4.74 Å². The van der Waals surface area contributed by atoms with Crippen LogP contribution in [-0.4, -0.2) is 37.9 Å². The first-order chi connectivity index (χ1) is 13.3. The number of benzene rings is 2. The van der Waals surface area contributed by atoms with Gasteiger partial charge in [-0.15, -0.1) is 0 Å². The number of nitrogens with one attached hydrogen (secondary N) is 2. The third kappa shape index (κ3) is 4.38. The SMILES string of the molecule is O=C(NC(=NCC1CCCO1)Nc1ccccc1)c1ccc2c(c1)OCO2. The molecule has 1 unspecified atom stereocenters. The second-order valence-electron chi connectivity index (χ2n) is 6.34. The number of aliphatic imine (C=N–C) groups is 1. The summed E-state index contributed by atoms with van der Waals surface area (Å²) in [5.41, 5.74) is 1.31. The number of para-hydroxylation sites is 1. The molecule has 0 spiro atoms. The predicted octanol–water partition coefficient (Wildman–Crippen LogP) is 2.79. The van der Waals surface area contributed by atoms with Crippen molar-refractivity contribution in [2.45, 2.75) is 18.9 Å². The number of rotatable bonds is 4. The van der Waals surface area contributed by atoms with E-state index in [-0.39, 0.29) is 18.8 Å². The Kier molecular flexibility index (Phi) is 5.20. The quantitative estimate of drug-likeness (QED) is 0.642. The van der Waals surface area contributed by atoms with Crippen LogP contribution < -0.4 is 20.1 Å². The van der Waals surface area contributed by atoms with Gasteiger partial charge in [-0.05, 0) is 43.2 Å². The lowest BCUT2D eigenvalue weighted by molar-refractivity contribution is 0.0975. The highest BCUT2D eigenvalue weighted by molar-refractivity contribution is 6.10. The molecule has 0 aliphatic carbocycles. The number of guanidine groups is 1. The average molecular weight is 367 g/mol. The van der Waals surface area contributed by atoms with Crippen molar-refractivity contribution in [3.05, 3.63) is 54.1 Å². The van der Waals surface area contributed by atoms with Crippen LogP contribution in [0.1, 0.15) is 23.2 Å². The molecule has 2 aliphatic heterocycles. The van der Waals surface area contributed by atoms with E-state index < -0.39 is 0 Å². The Labute approximate surface area is 157 Å². The van der Waals surface area contributed by atoms with Gasteiger partial charge in [0.25, 0.3) is 5.91 Å². The summed E-state index contributed by atoms with van der Waals surface area (Å²) in [5, 5.41) is 6.01. The summed E-state index contributed by atoms with van der Waals surface area (Å²) < 4.78 is 16.2. The van der Waals surface area contributed by atoms with E-state index >= 15 is 0 Å². The number of amides is 1. The van der Waals surface area contributed by atoms with Gasteiger partial charge < -0.3 is 19.5 Å². The molecule has 2 aromatic rings. The van der Waals surface area contributed by atoms with Crippen molar-refractivity contribution >= 4 is 17.6 Å². The standard InChI is InChI=1S/C20H21N3O4/c24-19(14-8-9-17-18(11-14)27-13-26-17)23-20(21-12-16-7-4-10-25-16)22-15-5-2-1-3-6-15/h1-3,5-6,8-9,11,16H,4,7,10,12-13H2,(H2,21,22,23,24). The maximum atomic E-state index is 12.7. The van der Waals surface area contributed by atoms with E-state index in [0.29, 0.717) is 29.6 Å². The highest BCUT2D eigenvalue weighted by Gasteiger charge is 2.18. The van der Waals surface area contributed by atoms with E-state index in [0.717, 1.165) is 25.1 Å². The van der Waals surface area contributed by atoms with Crippen LogP contribution in [0, 0.1) is 0 Å². The normalized spacial score (nSPS) is 18.4. The monoisotopic (exact) mass is 367 g/mol. The molecular formula is C20H21N3O4. The van der Waals surface area contributed by atoms with E-state index in [4.69, 9.17) is 14.2 Å². The summed E-state index contributed by atoms with van der Waals surface area (Å²) in [5.74, 6) is 1.32. The molecule has 2 aromatic carbocycles. The van der Waals surface area contributed by atoms with E-state index in [9.17, 15) is 4.79 Å². The Morgan fingerprint density at radius 1 is 1.11 bits per heavy atom. The molecular weight excluding hydrogens is 346 g/mol. The number of ether oxygens (including phenoxy) is 3. The predicted molar refractivity (Wildman–Crippen MR) is 101 cm³/mol. The van der Waals surface area contributed by atoms with Crippen LogP contribution >= 0.6 is 0 Å². The first-order valence-corrected chi connectivity index (χ1v) is 8.97. The van der Waals surface area contributed by atoms with Crippen molar-refractivity contribution in [2.75, 3.05) is 25.3 Å². The molecule has 4 rings (SSSR count). The van der Waals surface area contributed by atoms with Crippen molar-refractivity contribution in [1.29, 1.82) is 0 Å². The number of anilines is 1. The maximum Gasteiger partial charge on any atom is 0.258 e. The van der Waals surface area contributed by atoms with Gasteiger partial charge in [0, 0.05) is 17.9 Å². The summed E-state index contributed by atoms with van der Waals surface area (Å²) in [4.78, 5) is 17.2. The minimum absolute atomic E-state index is 0.0972. The fourth-order valence-electron chi connectivity index (χ4n) is 2.97. The van der Waals surface area contributed by atoms with Gasteiger partial charge in [0.05, 0.1) is 12.6 Å². The fraction of sp³-hybridized carbons (Fsp3) is 0.300. The first-order valence-electron chi connectivity index (χ1n) is 8.97. The van der Waals surface area contributed by atoms with Crippen molar-refractivity contribution in [1.82, 2.24) is 5.32 Å². The Hall–Kier alpha value is -3.06. The number of fused-ring (bicyclic) bond motifs is 1. The summed E-state index contributed by atoms with van der Waals surface area (Å²) in [6, 6.07) is 14.7. The second-order valence-corrected chi connectivity index (χ2v) is 6.34. The minimum atomic E-state index is -0.275. The van der Waals surface area contributed by atoms with Crippen molar-refractivity contribution < 1.29 is 19.0 Å². The summed E-state index contributed by atoms with van der Waals surface area (Å²) in [6.45, 7) is 1.44. The summed E-state index contributed by atoms with van der Waals surface area (Å²) >= 11 is 0. The lowest BCUT2D eigenvalue weighted by Crippen LogP contribution is -2.36. The van der Waals surface area contributed by atoms with Gasteiger partial charge in [0.15, 0.2) is 11.5 Å². The van der Waals surface area contributed by atoms with E-state index in [1.165, 1.54) is 0 Å². The number of carbonyl (C=O) groups excluding carboxylic acids is 1. The number of nitrogens with zero attached hydrogens (tertiary/aromatic N) is 1. The molecule has 7 heteroatoms. The van der Waals surface area contributed by atoms with Crippen molar-refractivity contribution in [3.63, 3.8) is 0 Å². The molecule has 140 valence electrons. The molecule has 27 heavy (non-hydrogen) atoms. The maximum absolute atomic E-state index is 12.7. The van der Waals surface area contributed by atoms with Crippen molar-refractivity contribution in [2.24, 2.45) is 4.99 Å². The van der Waals surface area contributed by atoms with Crippen LogP contribution in [0.15, 0.2) is 53.5 Å². The smallest absolute Gasteiger partial charge is 0.258 e.